The van der Waals surface area contributed by atoms with Crippen molar-refractivity contribution in [3.8, 4) is 6.07 Å². The summed E-state index contributed by atoms with van der Waals surface area (Å²) in [5, 5.41) is 8.75. The van der Waals surface area contributed by atoms with Crippen LogP contribution in [0.5, 0.6) is 0 Å². The van der Waals surface area contributed by atoms with Crippen molar-refractivity contribution in [2.75, 3.05) is 6.54 Å². The zero-order valence-electron chi connectivity index (χ0n) is 10.6. The number of thiophene rings is 1. The van der Waals surface area contributed by atoms with Crippen LogP contribution < -0.4 is 4.72 Å². The van der Waals surface area contributed by atoms with Crippen LogP contribution in [0.15, 0.2) is 16.3 Å². The summed E-state index contributed by atoms with van der Waals surface area (Å²) in [7, 11) is -3.45. The van der Waals surface area contributed by atoms with Gasteiger partial charge in [0.05, 0.1) is 0 Å². The Balaban J connectivity index is 1.70. The monoisotopic (exact) mass is 296 g/mol. The quantitative estimate of drug-likeness (QED) is 0.907. The number of sulfonamides is 1. The van der Waals surface area contributed by atoms with Gasteiger partial charge in [0.15, 0.2) is 0 Å². The Bertz CT molecular complexity index is 619. The molecule has 0 spiro atoms. The van der Waals surface area contributed by atoms with E-state index in [9.17, 15) is 8.42 Å². The fraction of sp³-hybridized carbons (Fsp3) is 0.615. The van der Waals surface area contributed by atoms with Crippen LogP contribution in [0.25, 0.3) is 0 Å². The molecule has 6 heteroatoms. The summed E-state index contributed by atoms with van der Waals surface area (Å²) < 4.78 is 27.4. The minimum atomic E-state index is -3.45. The van der Waals surface area contributed by atoms with E-state index in [0.29, 0.717) is 11.4 Å². The molecule has 1 heterocycles. The van der Waals surface area contributed by atoms with Gasteiger partial charge in [0.1, 0.15) is 15.2 Å². The molecular formula is C13H16N2O2S2. The largest absolute Gasteiger partial charge is 0.250 e. The first-order valence-corrected chi connectivity index (χ1v) is 8.85. The number of nitriles is 1. The predicted octanol–water partition coefficient (Wildman–Crippen LogP) is 2.48. The minimum absolute atomic E-state index is 0.225. The highest BCUT2D eigenvalue weighted by Crippen LogP contribution is 2.56. The number of hydrogen-bond acceptors (Lipinski definition) is 4. The maximum absolute atomic E-state index is 12.2. The second-order valence-corrected chi connectivity index (χ2v) is 8.62. The predicted molar refractivity (Wildman–Crippen MR) is 73.2 cm³/mol. The average Bonchev–Trinajstić information content (AvgIpc) is 3.05. The molecule has 0 radical (unpaired) electrons. The second kappa shape index (κ2) is 4.58. The van der Waals surface area contributed by atoms with Crippen molar-refractivity contribution in [1.82, 2.24) is 4.72 Å². The minimum Gasteiger partial charge on any atom is -0.210 e. The highest BCUT2D eigenvalue weighted by molar-refractivity contribution is 7.91. The van der Waals surface area contributed by atoms with Crippen LogP contribution in [0.1, 0.15) is 37.0 Å². The highest BCUT2D eigenvalue weighted by atomic mass is 32.2. The van der Waals surface area contributed by atoms with Crippen LogP contribution in [-0.4, -0.2) is 15.0 Å². The van der Waals surface area contributed by atoms with Crippen LogP contribution >= 0.6 is 11.3 Å². The topological polar surface area (TPSA) is 70.0 Å². The summed E-state index contributed by atoms with van der Waals surface area (Å²) in [5.74, 6) is 0.724. The van der Waals surface area contributed by atoms with Gasteiger partial charge in [0, 0.05) is 6.54 Å². The van der Waals surface area contributed by atoms with E-state index in [4.69, 9.17) is 5.26 Å². The Morgan fingerprint density at radius 1 is 1.42 bits per heavy atom. The second-order valence-electron chi connectivity index (χ2n) is 5.55. The van der Waals surface area contributed by atoms with Gasteiger partial charge in [-0.3, -0.25) is 0 Å². The molecule has 2 aliphatic carbocycles. The molecule has 2 fully saturated rings. The lowest BCUT2D eigenvalue weighted by Crippen LogP contribution is -2.43. The molecule has 1 N–H and O–H groups in total. The van der Waals surface area contributed by atoms with Crippen molar-refractivity contribution < 1.29 is 8.42 Å². The molecule has 2 aliphatic rings. The van der Waals surface area contributed by atoms with Gasteiger partial charge in [-0.15, -0.1) is 11.3 Å². The first-order chi connectivity index (χ1) is 9.06. The van der Waals surface area contributed by atoms with Gasteiger partial charge in [0.25, 0.3) is 0 Å². The van der Waals surface area contributed by atoms with Crippen molar-refractivity contribution in [1.29, 1.82) is 5.26 Å². The molecule has 3 rings (SSSR count). The van der Waals surface area contributed by atoms with E-state index in [1.807, 2.05) is 6.07 Å². The Morgan fingerprint density at radius 3 is 2.63 bits per heavy atom. The van der Waals surface area contributed by atoms with Gasteiger partial charge in [-0.2, -0.15) is 5.26 Å². The molecule has 0 aromatic carbocycles. The molecule has 1 aromatic heterocycles. The summed E-state index contributed by atoms with van der Waals surface area (Å²) in [5.41, 5.74) is 0.225. The molecule has 0 amide bonds. The van der Waals surface area contributed by atoms with Crippen LogP contribution in [0.3, 0.4) is 0 Å². The molecule has 0 saturated heterocycles. The summed E-state index contributed by atoms with van der Waals surface area (Å²) in [6.07, 6.45) is 6.01. The summed E-state index contributed by atoms with van der Waals surface area (Å²) in [6.45, 7) is 0.555. The maximum atomic E-state index is 12.2. The molecule has 0 bridgehead atoms. The van der Waals surface area contributed by atoms with E-state index in [1.165, 1.54) is 25.3 Å². The summed E-state index contributed by atoms with van der Waals surface area (Å²) in [6, 6.07) is 5.03. The smallest absolute Gasteiger partial charge is 0.210 e. The third-order valence-corrected chi connectivity index (χ3v) is 7.25. The number of rotatable bonds is 5. The van der Waals surface area contributed by atoms with Crippen LogP contribution in [0, 0.1) is 22.7 Å². The molecular weight excluding hydrogens is 280 g/mol. The Morgan fingerprint density at radius 2 is 2.16 bits per heavy atom. The van der Waals surface area contributed by atoms with E-state index in [0.717, 1.165) is 30.1 Å². The number of nitrogens with one attached hydrogen (secondary N) is 1. The van der Waals surface area contributed by atoms with Crippen LogP contribution in [0.4, 0.5) is 0 Å². The van der Waals surface area contributed by atoms with Crippen molar-refractivity contribution in [2.24, 2.45) is 11.3 Å². The van der Waals surface area contributed by atoms with E-state index < -0.39 is 10.0 Å². The Hall–Kier alpha value is -0.900. The van der Waals surface area contributed by atoms with Crippen LogP contribution in [0.2, 0.25) is 0 Å². The van der Waals surface area contributed by atoms with E-state index >= 15 is 0 Å². The zero-order chi connectivity index (χ0) is 13.5. The lowest BCUT2D eigenvalue weighted by Gasteiger charge is -2.42. The normalized spacial score (nSPS) is 21.6. The third-order valence-electron chi connectivity index (χ3n) is 4.36. The first kappa shape index (κ1) is 13.1. The van der Waals surface area contributed by atoms with Crippen molar-refractivity contribution >= 4 is 21.4 Å². The van der Waals surface area contributed by atoms with E-state index in [1.54, 1.807) is 6.07 Å². The zero-order valence-corrected chi connectivity index (χ0v) is 12.2. The van der Waals surface area contributed by atoms with Gasteiger partial charge < -0.3 is 0 Å². The molecule has 0 aliphatic heterocycles. The van der Waals surface area contributed by atoms with Crippen molar-refractivity contribution in [3.05, 3.63) is 17.0 Å². The highest BCUT2D eigenvalue weighted by Gasteiger charge is 2.49. The summed E-state index contributed by atoms with van der Waals surface area (Å²) >= 11 is 1.03. The Labute approximate surface area is 117 Å². The standard InChI is InChI=1S/C13H16N2O2S2/c14-8-11-4-5-12(18-11)19(16,17)15-9-13(6-1-7-13)10-2-3-10/h4-5,10,15H,1-3,6-7,9H2. The maximum Gasteiger partial charge on any atom is 0.250 e. The molecule has 102 valence electrons. The SMILES string of the molecule is N#Cc1ccc(S(=O)(=O)NCC2(C3CC3)CCC2)s1. The lowest BCUT2D eigenvalue weighted by molar-refractivity contribution is 0.107. The van der Waals surface area contributed by atoms with Gasteiger partial charge in [-0.25, -0.2) is 13.1 Å². The van der Waals surface area contributed by atoms with Gasteiger partial charge in [0.2, 0.25) is 10.0 Å². The summed E-state index contributed by atoms with van der Waals surface area (Å²) in [4.78, 5) is 0.431. The van der Waals surface area contributed by atoms with Gasteiger partial charge >= 0.3 is 0 Å². The van der Waals surface area contributed by atoms with Crippen molar-refractivity contribution in [3.63, 3.8) is 0 Å². The molecule has 4 nitrogen and oxygen atoms in total. The molecule has 19 heavy (non-hydrogen) atoms. The number of nitrogens with zero attached hydrogens (tertiary/aromatic N) is 1. The number of hydrogen-bond donors (Lipinski definition) is 1. The fourth-order valence-corrected chi connectivity index (χ4v) is 5.18. The molecule has 0 atom stereocenters. The fourth-order valence-electron chi connectivity index (χ4n) is 2.89. The molecule has 2 saturated carbocycles. The average molecular weight is 296 g/mol. The van der Waals surface area contributed by atoms with E-state index in [2.05, 4.69) is 4.72 Å². The Kier molecular flexibility index (Phi) is 3.16. The third kappa shape index (κ3) is 2.42. The van der Waals surface area contributed by atoms with Crippen LogP contribution in [-0.2, 0) is 10.0 Å². The molecule has 0 unspecified atom stereocenters. The van der Waals surface area contributed by atoms with Crippen molar-refractivity contribution in [2.45, 2.75) is 36.3 Å². The van der Waals surface area contributed by atoms with Gasteiger partial charge in [-0.1, -0.05) is 6.42 Å². The first-order valence-electron chi connectivity index (χ1n) is 6.55. The molecule has 1 aromatic rings. The van der Waals surface area contributed by atoms with Gasteiger partial charge in [-0.05, 0) is 49.1 Å². The lowest BCUT2D eigenvalue weighted by atomic mass is 9.65. The van der Waals surface area contributed by atoms with E-state index in [-0.39, 0.29) is 9.62 Å².